The predicted octanol–water partition coefficient (Wildman–Crippen LogP) is 2.28. The Hall–Kier alpha value is -2.17. The molecule has 2 aromatic rings. The number of ketones is 1. The third kappa shape index (κ3) is 2.55. The fourth-order valence-electron chi connectivity index (χ4n) is 2.82. The zero-order valence-corrected chi connectivity index (χ0v) is 12.8. The molecular formula is C16H20N4O. The number of hydrogen-bond acceptors (Lipinski definition) is 4. The zero-order chi connectivity index (χ0) is 15.0. The van der Waals surface area contributed by atoms with Crippen LogP contribution in [0.2, 0.25) is 0 Å². The number of aryl methyl sites for hydroxylation is 2. The van der Waals surface area contributed by atoms with E-state index in [9.17, 15) is 4.79 Å². The molecule has 1 aliphatic rings. The molecule has 0 bridgehead atoms. The first kappa shape index (κ1) is 13.8. The summed E-state index contributed by atoms with van der Waals surface area (Å²) in [7, 11) is 1.99. The van der Waals surface area contributed by atoms with Crippen LogP contribution in [0.4, 0.5) is 5.69 Å². The first-order chi connectivity index (χ1) is 10.1. The standard InChI is InChI=1S/C16H20N4O/c1-11(21)13-6-7-15-14(9-13)5-4-8-20(15)10-16-18-17-12(2)19(16)3/h6-7,9H,4-5,8,10H2,1-3H3. The molecule has 2 heterocycles. The van der Waals surface area contributed by atoms with Crippen LogP contribution in [0.25, 0.3) is 0 Å². The van der Waals surface area contributed by atoms with Gasteiger partial charge in [-0.1, -0.05) is 0 Å². The van der Waals surface area contributed by atoms with Gasteiger partial charge in [-0.05, 0) is 50.5 Å². The van der Waals surface area contributed by atoms with Crippen LogP contribution in [-0.4, -0.2) is 27.1 Å². The lowest BCUT2D eigenvalue weighted by Gasteiger charge is -2.31. The van der Waals surface area contributed by atoms with E-state index in [4.69, 9.17) is 0 Å². The van der Waals surface area contributed by atoms with E-state index in [1.165, 1.54) is 11.3 Å². The number of rotatable bonds is 3. The molecule has 0 saturated heterocycles. The van der Waals surface area contributed by atoms with Crippen molar-refractivity contribution in [3.05, 3.63) is 41.0 Å². The summed E-state index contributed by atoms with van der Waals surface area (Å²) < 4.78 is 2.03. The van der Waals surface area contributed by atoms with E-state index >= 15 is 0 Å². The molecule has 110 valence electrons. The third-order valence-electron chi connectivity index (χ3n) is 4.22. The van der Waals surface area contributed by atoms with E-state index in [0.717, 1.165) is 43.1 Å². The van der Waals surface area contributed by atoms with Gasteiger partial charge < -0.3 is 9.47 Å². The Morgan fingerprint density at radius 2 is 2.14 bits per heavy atom. The van der Waals surface area contributed by atoms with Gasteiger partial charge in [-0.2, -0.15) is 0 Å². The number of hydrogen-bond donors (Lipinski definition) is 0. The van der Waals surface area contributed by atoms with E-state index < -0.39 is 0 Å². The van der Waals surface area contributed by atoms with Crippen LogP contribution >= 0.6 is 0 Å². The van der Waals surface area contributed by atoms with Crippen molar-refractivity contribution in [1.29, 1.82) is 0 Å². The average Bonchev–Trinajstić information content (AvgIpc) is 2.79. The lowest BCUT2D eigenvalue weighted by molar-refractivity contribution is 0.101. The molecule has 1 aromatic carbocycles. The molecule has 5 heteroatoms. The van der Waals surface area contributed by atoms with Gasteiger partial charge in [0, 0.05) is 24.8 Å². The molecule has 0 unspecified atom stereocenters. The van der Waals surface area contributed by atoms with Gasteiger partial charge in [-0.3, -0.25) is 4.79 Å². The van der Waals surface area contributed by atoms with Crippen LogP contribution in [0.3, 0.4) is 0 Å². The van der Waals surface area contributed by atoms with Crippen molar-refractivity contribution in [2.75, 3.05) is 11.4 Å². The minimum atomic E-state index is 0.124. The monoisotopic (exact) mass is 284 g/mol. The number of benzene rings is 1. The maximum Gasteiger partial charge on any atom is 0.159 e. The number of carbonyl (C=O) groups excluding carboxylic acids is 1. The molecule has 0 saturated carbocycles. The number of aromatic nitrogens is 3. The van der Waals surface area contributed by atoms with Crippen molar-refractivity contribution in [2.24, 2.45) is 7.05 Å². The zero-order valence-electron chi connectivity index (χ0n) is 12.8. The Labute approximate surface area is 124 Å². The smallest absolute Gasteiger partial charge is 0.159 e. The normalized spacial score (nSPS) is 14.1. The highest BCUT2D eigenvalue weighted by atomic mass is 16.1. The van der Waals surface area contributed by atoms with Crippen LogP contribution < -0.4 is 4.90 Å². The maximum absolute atomic E-state index is 11.5. The van der Waals surface area contributed by atoms with E-state index in [-0.39, 0.29) is 5.78 Å². The molecule has 0 fully saturated rings. The Morgan fingerprint density at radius 1 is 1.33 bits per heavy atom. The van der Waals surface area contributed by atoms with Crippen molar-refractivity contribution < 1.29 is 4.79 Å². The number of carbonyl (C=O) groups is 1. The van der Waals surface area contributed by atoms with Gasteiger partial charge in [0.05, 0.1) is 6.54 Å². The van der Waals surface area contributed by atoms with Gasteiger partial charge in [0.15, 0.2) is 11.6 Å². The minimum Gasteiger partial charge on any atom is -0.364 e. The first-order valence-electron chi connectivity index (χ1n) is 7.30. The number of anilines is 1. The topological polar surface area (TPSA) is 51.0 Å². The molecular weight excluding hydrogens is 264 g/mol. The van der Waals surface area contributed by atoms with Gasteiger partial charge in [-0.25, -0.2) is 0 Å². The SMILES string of the molecule is CC(=O)c1ccc2c(c1)CCCN2Cc1nnc(C)n1C. The fourth-order valence-corrected chi connectivity index (χ4v) is 2.82. The summed E-state index contributed by atoms with van der Waals surface area (Å²) in [6.45, 7) is 5.34. The Morgan fingerprint density at radius 3 is 2.81 bits per heavy atom. The van der Waals surface area contributed by atoms with Gasteiger partial charge in [0.1, 0.15) is 5.82 Å². The van der Waals surface area contributed by atoms with Gasteiger partial charge in [-0.15, -0.1) is 10.2 Å². The molecule has 0 atom stereocenters. The lowest BCUT2D eigenvalue weighted by atomic mass is 9.98. The van der Waals surface area contributed by atoms with Crippen LogP contribution in [0.15, 0.2) is 18.2 Å². The molecule has 0 radical (unpaired) electrons. The van der Waals surface area contributed by atoms with Crippen molar-refractivity contribution in [3.8, 4) is 0 Å². The third-order valence-corrected chi connectivity index (χ3v) is 4.22. The predicted molar refractivity (Wildman–Crippen MR) is 81.6 cm³/mol. The van der Waals surface area contributed by atoms with Crippen molar-refractivity contribution >= 4 is 11.5 Å². The van der Waals surface area contributed by atoms with E-state index in [0.29, 0.717) is 0 Å². The van der Waals surface area contributed by atoms with Crippen molar-refractivity contribution in [1.82, 2.24) is 14.8 Å². The van der Waals surface area contributed by atoms with E-state index in [2.05, 4.69) is 21.2 Å². The van der Waals surface area contributed by atoms with Crippen LogP contribution in [0.5, 0.6) is 0 Å². The molecule has 0 spiro atoms. The maximum atomic E-state index is 11.5. The number of fused-ring (bicyclic) bond motifs is 1. The second kappa shape index (κ2) is 5.31. The van der Waals surface area contributed by atoms with Crippen molar-refractivity contribution in [2.45, 2.75) is 33.2 Å². The number of nitrogens with zero attached hydrogens (tertiary/aromatic N) is 4. The summed E-state index contributed by atoms with van der Waals surface area (Å²) in [5.41, 5.74) is 3.27. The largest absolute Gasteiger partial charge is 0.364 e. The molecule has 0 amide bonds. The Kier molecular flexibility index (Phi) is 3.49. The summed E-state index contributed by atoms with van der Waals surface area (Å²) in [5, 5.41) is 8.36. The molecule has 0 aliphatic carbocycles. The summed E-state index contributed by atoms with van der Waals surface area (Å²) in [6, 6.07) is 6.02. The molecule has 1 aromatic heterocycles. The van der Waals surface area contributed by atoms with Crippen LogP contribution in [0, 0.1) is 6.92 Å². The highest BCUT2D eigenvalue weighted by Gasteiger charge is 2.20. The van der Waals surface area contributed by atoms with Gasteiger partial charge >= 0.3 is 0 Å². The molecule has 1 aliphatic heterocycles. The highest BCUT2D eigenvalue weighted by Crippen LogP contribution is 2.29. The summed E-state index contributed by atoms with van der Waals surface area (Å²) >= 11 is 0. The minimum absolute atomic E-state index is 0.124. The first-order valence-corrected chi connectivity index (χ1v) is 7.30. The second-order valence-electron chi connectivity index (χ2n) is 5.65. The molecule has 3 rings (SSSR count). The van der Waals surface area contributed by atoms with Gasteiger partial charge in [0.25, 0.3) is 0 Å². The Bertz CT molecular complexity index is 690. The summed E-state index contributed by atoms with van der Waals surface area (Å²) in [6.07, 6.45) is 2.13. The average molecular weight is 284 g/mol. The summed E-state index contributed by atoms with van der Waals surface area (Å²) in [5.74, 6) is 2.02. The van der Waals surface area contributed by atoms with E-state index in [1.54, 1.807) is 6.92 Å². The van der Waals surface area contributed by atoms with Crippen molar-refractivity contribution in [3.63, 3.8) is 0 Å². The van der Waals surface area contributed by atoms with Gasteiger partial charge in [0.2, 0.25) is 0 Å². The molecule has 0 N–H and O–H groups in total. The van der Waals surface area contributed by atoms with Crippen LogP contribution in [0.1, 0.15) is 40.9 Å². The van der Waals surface area contributed by atoms with Crippen LogP contribution in [-0.2, 0) is 20.0 Å². The number of Topliss-reactive ketones (excluding diaryl/α,β-unsaturated/α-hetero) is 1. The highest BCUT2D eigenvalue weighted by molar-refractivity contribution is 5.94. The molecule has 21 heavy (non-hydrogen) atoms. The summed E-state index contributed by atoms with van der Waals surface area (Å²) in [4.78, 5) is 13.8. The molecule has 5 nitrogen and oxygen atoms in total. The Balaban J connectivity index is 1.90. The second-order valence-corrected chi connectivity index (χ2v) is 5.65. The quantitative estimate of drug-likeness (QED) is 0.811. The fraction of sp³-hybridized carbons (Fsp3) is 0.438. The lowest BCUT2D eigenvalue weighted by Crippen LogP contribution is -2.30. The van der Waals surface area contributed by atoms with E-state index in [1.807, 2.05) is 30.7 Å².